The van der Waals surface area contributed by atoms with Crippen LogP contribution in [0.15, 0.2) is 54.7 Å². The molecule has 0 aliphatic carbocycles. The molecule has 3 heterocycles. The van der Waals surface area contributed by atoms with Crippen molar-refractivity contribution in [3.05, 3.63) is 60.3 Å². The molecule has 1 saturated heterocycles. The van der Waals surface area contributed by atoms with Crippen LogP contribution in [-0.2, 0) is 14.4 Å². The first kappa shape index (κ1) is 26.0. The third-order valence-electron chi connectivity index (χ3n) is 7.02. The number of nitrogens with one attached hydrogen (secondary N) is 2. The number of nitrogens with zero attached hydrogens (tertiary/aromatic N) is 3. The van der Waals surface area contributed by atoms with Crippen molar-refractivity contribution in [2.24, 2.45) is 0 Å². The Balaban J connectivity index is 0.000000480. The zero-order valence-electron chi connectivity index (χ0n) is 20.9. The van der Waals surface area contributed by atoms with E-state index in [1.807, 2.05) is 6.20 Å². The average Bonchev–Trinajstić information content (AvgIpc) is 3.52. The number of para-hydroxylation sites is 1. The number of aromatic amines is 1. The fourth-order valence-corrected chi connectivity index (χ4v) is 5.04. The van der Waals surface area contributed by atoms with Gasteiger partial charge in [0.1, 0.15) is 0 Å². The summed E-state index contributed by atoms with van der Waals surface area (Å²) in [6, 6.07) is 17.4. The number of carbonyl (C=O) groups is 3. The molecule has 37 heavy (non-hydrogen) atoms. The van der Waals surface area contributed by atoms with E-state index in [0.29, 0.717) is 12.5 Å². The summed E-state index contributed by atoms with van der Waals surface area (Å²) < 4.78 is 0. The smallest absolute Gasteiger partial charge is 0.414 e. The van der Waals surface area contributed by atoms with Crippen molar-refractivity contribution in [1.29, 1.82) is 0 Å². The topological polar surface area (TPSA) is 129 Å². The van der Waals surface area contributed by atoms with Crippen LogP contribution < -0.4 is 15.1 Å². The van der Waals surface area contributed by atoms with Crippen molar-refractivity contribution < 1.29 is 24.6 Å². The molecule has 2 aliphatic heterocycles. The second-order valence-electron chi connectivity index (χ2n) is 9.29. The van der Waals surface area contributed by atoms with Crippen molar-refractivity contribution in [1.82, 2.24) is 15.2 Å². The molecule has 3 aromatic rings. The van der Waals surface area contributed by atoms with Crippen LogP contribution in [0.5, 0.6) is 0 Å². The molecule has 0 unspecified atom stereocenters. The molecule has 0 radical (unpaired) electrons. The van der Waals surface area contributed by atoms with Crippen molar-refractivity contribution in [2.75, 3.05) is 62.7 Å². The summed E-state index contributed by atoms with van der Waals surface area (Å²) in [5, 5.41) is 18.8. The molecule has 1 atom stereocenters. The second kappa shape index (κ2) is 11.8. The number of carboxylic acid groups (broad SMARTS) is 2. The average molecular weight is 508 g/mol. The predicted molar refractivity (Wildman–Crippen MR) is 142 cm³/mol. The summed E-state index contributed by atoms with van der Waals surface area (Å²) in [4.78, 5) is 40.7. The zero-order chi connectivity index (χ0) is 26.4. The zero-order valence-corrected chi connectivity index (χ0v) is 20.9. The van der Waals surface area contributed by atoms with E-state index < -0.39 is 11.9 Å². The molecule has 5 rings (SSSR count). The summed E-state index contributed by atoms with van der Waals surface area (Å²) in [6.07, 6.45) is 3.14. The van der Waals surface area contributed by atoms with Gasteiger partial charge >= 0.3 is 11.9 Å². The largest absolute Gasteiger partial charge is 0.473 e. The maximum Gasteiger partial charge on any atom is 0.414 e. The normalized spacial score (nSPS) is 17.2. The lowest BCUT2D eigenvalue weighted by Crippen LogP contribution is -2.46. The van der Waals surface area contributed by atoms with E-state index in [0.717, 1.165) is 45.7 Å². The summed E-state index contributed by atoms with van der Waals surface area (Å²) in [6.45, 7) is 6.82. The Morgan fingerprint density at radius 1 is 1.00 bits per heavy atom. The molecule has 1 amide bonds. The number of hydrogen-bond acceptors (Lipinski definition) is 6. The summed E-state index contributed by atoms with van der Waals surface area (Å²) in [7, 11) is 1.71. The highest BCUT2D eigenvalue weighted by Crippen LogP contribution is 2.37. The number of likely N-dealkylation sites (N-methyl/N-ethyl adjacent to an activating group) is 1. The fourth-order valence-electron chi connectivity index (χ4n) is 5.04. The number of hydrogen-bond donors (Lipinski definition) is 4. The first-order valence-corrected chi connectivity index (χ1v) is 12.4. The van der Waals surface area contributed by atoms with Crippen LogP contribution >= 0.6 is 0 Å². The van der Waals surface area contributed by atoms with Crippen LogP contribution in [0.2, 0.25) is 0 Å². The number of fused-ring (bicyclic) bond motifs is 2. The van der Waals surface area contributed by atoms with E-state index in [1.165, 1.54) is 27.8 Å². The van der Waals surface area contributed by atoms with Gasteiger partial charge in [0, 0.05) is 74.2 Å². The molecule has 10 heteroatoms. The van der Waals surface area contributed by atoms with Crippen LogP contribution in [0.1, 0.15) is 17.9 Å². The van der Waals surface area contributed by atoms with Gasteiger partial charge < -0.3 is 30.3 Å². The number of piperazine rings is 1. The van der Waals surface area contributed by atoms with Gasteiger partial charge in [-0.3, -0.25) is 9.69 Å². The lowest BCUT2D eigenvalue weighted by Gasteiger charge is -2.36. The summed E-state index contributed by atoms with van der Waals surface area (Å²) in [5.41, 5.74) is 5.14. The van der Waals surface area contributed by atoms with Gasteiger partial charge in [0.05, 0.1) is 6.54 Å². The molecule has 2 aromatic carbocycles. The van der Waals surface area contributed by atoms with Crippen LogP contribution in [0, 0.1) is 0 Å². The number of rotatable bonds is 6. The Kier molecular flexibility index (Phi) is 8.29. The molecule has 2 aliphatic rings. The third-order valence-corrected chi connectivity index (χ3v) is 7.02. The number of amides is 1. The third kappa shape index (κ3) is 6.39. The molecule has 0 bridgehead atoms. The maximum absolute atomic E-state index is 11.9. The van der Waals surface area contributed by atoms with Crippen molar-refractivity contribution in [3.63, 3.8) is 0 Å². The van der Waals surface area contributed by atoms with Crippen LogP contribution in [0.25, 0.3) is 10.9 Å². The van der Waals surface area contributed by atoms with E-state index >= 15 is 0 Å². The minimum absolute atomic E-state index is 0.0735. The van der Waals surface area contributed by atoms with Crippen LogP contribution in [-0.4, -0.2) is 90.8 Å². The van der Waals surface area contributed by atoms with Gasteiger partial charge in [0.15, 0.2) is 0 Å². The van der Waals surface area contributed by atoms with E-state index in [9.17, 15) is 4.79 Å². The van der Waals surface area contributed by atoms with Crippen LogP contribution in [0.3, 0.4) is 0 Å². The predicted octanol–water partition coefficient (Wildman–Crippen LogP) is 2.19. The van der Waals surface area contributed by atoms with E-state index in [2.05, 4.69) is 73.5 Å². The summed E-state index contributed by atoms with van der Waals surface area (Å²) in [5.74, 6) is -3.08. The minimum Gasteiger partial charge on any atom is -0.473 e. The lowest BCUT2D eigenvalue weighted by atomic mass is 9.97. The van der Waals surface area contributed by atoms with Crippen molar-refractivity contribution in [2.45, 2.75) is 12.3 Å². The second-order valence-corrected chi connectivity index (χ2v) is 9.29. The molecule has 1 fully saturated rings. The van der Waals surface area contributed by atoms with Crippen LogP contribution in [0.4, 0.5) is 11.4 Å². The first-order chi connectivity index (χ1) is 17.9. The molecule has 196 valence electrons. The number of H-pyrrole nitrogens is 1. The van der Waals surface area contributed by atoms with Gasteiger partial charge in [-0.25, -0.2) is 9.59 Å². The Labute approximate surface area is 215 Å². The van der Waals surface area contributed by atoms with Gasteiger partial charge in [-0.15, -0.1) is 0 Å². The van der Waals surface area contributed by atoms with Gasteiger partial charge in [-0.2, -0.15) is 0 Å². The van der Waals surface area contributed by atoms with Gasteiger partial charge in [-0.1, -0.05) is 18.2 Å². The molecular formula is C27H33N5O5. The van der Waals surface area contributed by atoms with Crippen molar-refractivity contribution in [3.8, 4) is 0 Å². The van der Waals surface area contributed by atoms with Gasteiger partial charge in [-0.05, 0) is 48.9 Å². The van der Waals surface area contributed by atoms with Crippen molar-refractivity contribution >= 4 is 40.1 Å². The number of aromatic nitrogens is 1. The maximum atomic E-state index is 11.9. The van der Waals surface area contributed by atoms with Gasteiger partial charge in [0.25, 0.3) is 0 Å². The van der Waals surface area contributed by atoms with E-state index in [-0.39, 0.29) is 5.91 Å². The Morgan fingerprint density at radius 2 is 1.73 bits per heavy atom. The molecule has 4 N–H and O–H groups in total. The number of carbonyl (C=O) groups excluding carboxylic acids is 1. The number of benzene rings is 2. The Hall–Kier alpha value is -4.05. The molecule has 10 nitrogen and oxygen atoms in total. The van der Waals surface area contributed by atoms with Gasteiger partial charge in [0.2, 0.25) is 5.91 Å². The monoisotopic (exact) mass is 507 g/mol. The molecule has 0 saturated carbocycles. The molecule has 1 aromatic heterocycles. The standard InChI is InChI=1S/C25H31N5O.C2H2O4/c1-26-25(31)18-30-17-20(22-4-2-3-5-24(22)30)9-11-28-12-14-29(15-13-28)21-6-7-23-19(16-21)8-10-27-23;3-1(4)2(5)6/h2-8,10,16,20,27H,9,11-15,17-18H2,1H3,(H,26,31);(H,3,4)(H,5,6)/t20-;/m1./s1. The molecular weight excluding hydrogens is 474 g/mol. The number of anilines is 2. The highest BCUT2D eigenvalue weighted by Gasteiger charge is 2.29. The number of aliphatic carboxylic acids is 2. The SMILES string of the molecule is CNC(=O)CN1C[C@@H](CCN2CCN(c3ccc4[nH]ccc4c3)CC2)c2ccccc21.O=C(O)C(=O)O. The fraction of sp³-hybridized carbons (Fsp3) is 0.370. The minimum atomic E-state index is -1.82. The Morgan fingerprint density at radius 3 is 2.43 bits per heavy atom. The highest BCUT2D eigenvalue weighted by atomic mass is 16.4. The number of carboxylic acids is 2. The summed E-state index contributed by atoms with van der Waals surface area (Å²) >= 11 is 0. The molecule has 0 spiro atoms. The van der Waals surface area contributed by atoms with E-state index in [4.69, 9.17) is 19.8 Å². The first-order valence-electron chi connectivity index (χ1n) is 12.4. The quantitative estimate of drug-likeness (QED) is 0.374. The Bertz CT molecular complexity index is 1240. The lowest BCUT2D eigenvalue weighted by molar-refractivity contribution is -0.159. The highest BCUT2D eigenvalue weighted by molar-refractivity contribution is 6.27. The van der Waals surface area contributed by atoms with E-state index in [1.54, 1.807) is 7.05 Å².